The minimum Gasteiger partial charge on any atom is -0.369 e. The molecule has 0 atom stereocenters. The molecule has 0 aliphatic rings. The minimum absolute atomic E-state index is 0.372. The van der Waals surface area contributed by atoms with Crippen LogP contribution in [0.4, 0.5) is 5.95 Å². The topological polar surface area (TPSA) is 43.8 Å². The number of imidazole rings is 1. The van der Waals surface area contributed by atoms with Crippen molar-refractivity contribution in [2.75, 3.05) is 5.73 Å². The Labute approximate surface area is 128 Å². The number of nitrogen functional groups attached to an aromatic ring is 1. The molecule has 2 aromatic carbocycles. The molecule has 0 amide bonds. The number of rotatable bonds is 1. The Balaban J connectivity index is 2.36. The van der Waals surface area contributed by atoms with Crippen LogP contribution in [0.25, 0.3) is 16.7 Å². The number of hydrogen-bond acceptors (Lipinski definition) is 2. The van der Waals surface area contributed by atoms with Crippen LogP contribution in [0.3, 0.4) is 0 Å². The van der Waals surface area contributed by atoms with E-state index in [-0.39, 0.29) is 0 Å². The minimum atomic E-state index is 0.372. The Bertz CT molecular complexity index is 783. The lowest BCUT2D eigenvalue weighted by atomic mass is 10.3. The quantitative estimate of drug-likeness (QED) is 0.688. The van der Waals surface area contributed by atoms with Crippen LogP contribution in [-0.2, 0) is 0 Å². The highest BCUT2D eigenvalue weighted by Gasteiger charge is 2.14. The summed E-state index contributed by atoms with van der Waals surface area (Å²) in [4.78, 5) is 4.33. The normalized spacial score (nSPS) is 11.1. The van der Waals surface area contributed by atoms with Crippen LogP contribution >= 0.6 is 39.1 Å². The van der Waals surface area contributed by atoms with Crippen molar-refractivity contribution >= 4 is 56.1 Å². The molecular weight excluding hydrogens is 349 g/mol. The first kappa shape index (κ1) is 12.8. The highest BCUT2D eigenvalue weighted by molar-refractivity contribution is 9.10. The first-order valence-electron chi connectivity index (χ1n) is 5.46. The van der Waals surface area contributed by atoms with Gasteiger partial charge in [0.25, 0.3) is 0 Å². The van der Waals surface area contributed by atoms with Gasteiger partial charge in [-0.2, -0.15) is 0 Å². The van der Waals surface area contributed by atoms with Crippen molar-refractivity contribution in [2.24, 2.45) is 0 Å². The van der Waals surface area contributed by atoms with Crippen molar-refractivity contribution in [3.8, 4) is 5.69 Å². The van der Waals surface area contributed by atoms with E-state index in [1.54, 1.807) is 10.6 Å². The van der Waals surface area contributed by atoms with Gasteiger partial charge in [-0.25, -0.2) is 4.98 Å². The van der Waals surface area contributed by atoms with Crippen LogP contribution in [0.1, 0.15) is 0 Å². The molecule has 0 fully saturated rings. The van der Waals surface area contributed by atoms with Crippen molar-refractivity contribution < 1.29 is 0 Å². The molecule has 0 saturated carbocycles. The first-order chi connectivity index (χ1) is 9.08. The van der Waals surface area contributed by atoms with Gasteiger partial charge in [-0.05, 0) is 30.3 Å². The van der Waals surface area contributed by atoms with Crippen molar-refractivity contribution in [2.45, 2.75) is 0 Å². The third kappa shape index (κ3) is 2.10. The maximum absolute atomic E-state index is 6.24. The molecule has 3 rings (SSSR count). The Morgan fingerprint density at radius 1 is 1.16 bits per heavy atom. The van der Waals surface area contributed by atoms with Gasteiger partial charge in [0, 0.05) is 4.47 Å². The van der Waals surface area contributed by atoms with E-state index in [0.717, 1.165) is 21.2 Å². The highest BCUT2D eigenvalue weighted by Crippen LogP contribution is 2.33. The molecule has 96 valence electrons. The fourth-order valence-electron chi connectivity index (χ4n) is 1.99. The lowest BCUT2D eigenvalue weighted by Crippen LogP contribution is -2.01. The molecular formula is C13H8BrCl2N3. The van der Waals surface area contributed by atoms with Crippen LogP contribution in [-0.4, -0.2) is 9.55 Å². The average Bonchev–Trinajstić information content (AvgIpc) is 2.68. The third-order valence-electron chi connectivity index (χ3n) is 2.81. The number of nitrogens with two attached hydrogens (primary N) is 1. The van der Waals surface area contributed by atoms with Crippen molar-refractivity contribution in [1.29, 1.82) is 0 Å². The third-order valence-corrected chi connectivity index (χ3v) is 4.12. The lowest BCUT2D eigenvalue weighted by molar-refractivity contribution is 1.11. The second kappa shape index (κ2) is 4.71. The van der Waals surface area contributed by atoms with E-state index in [1.165, 1.54) is 0 Å². The number of nitrogens with zero attached hydrogens (tertiary/aromatic N) is 2. The smallest absolute Gasteiger partial charge is 0.205 e. The Hall–Kier alpha value is -1.23. The predicted molar refractivity (Wildman–Crippen MR) is 83.2 cm³/mol. The first-order valence-corrected chi connectivity index (χ1v) is 7.00. The number of anilines is 1. The summed E-state index contributed by atoms with van der Waals surface area (Å²) in [7, 11) is 0. The molecule has 0 saturated heterocycles. The monoisotopic (exact) mass is 355 g/mol. The Morgan fingerprint density at radius 3 is 2.74 bits per heavy atom. The summed E-state index contributed by atoms with van der Waals surface area (Å²) in [5.41, 5.74) is 8.38. The van der Waals surface area contributed by atoms with Gasteiger partial charge in [-0.3, -0.25) is 4.57 Å². The SMILES string of the molecule is Nc1nc2cc(Br)ccc2n1-c1cccc(Cl)c1Cl. The van der Waals surface area contributed by atoms with Crippen LogP contribution in [0.5, 0.6) is 0 Å². The van der Waals surface area contributed by atoms with E-state index in [1.807, 2.05) is 30.3 Å². The van der Waals surface area contributed by atoms with Crippen LogP contribution in [0.2, 0.25) is 10.0 Å². The molecule has 0 aliphatic carbocycles. The molecule has 6 heteroatoms. The summed E-state index contributed by atoms with van der Waals surface area (Å²) >= 11 is 15.7. The van der Waals surface area contributed by atoms with E-state index in [4.69, 9.17) is 28.9 Å². The molecule has 0 unspecified atom stereocenters. The fraction of sp³-hybridized carbons (Fsp3) is 0. The molecule has 2 N–H and O–H groups in total. The molecule has 3 aromatic rings. The van der Waals surface area contributed by atoms with Crippen molar-refractivity contribution in [3.63, 3.8) is 0 Å². The van der Waals surface area contributed by atoms with Crippen LogP contribution in [0.15, 0.2) is 40.9 Å². The van der Waals surface area contributed by atoms with Crippen molar-refractivity contribution in [1.82, 2.24) is 9.55 Å². The van der Waals surface area contributed by atoms with Crippen molar-refractivity contribution in [3.05, 3.63) is 50.9 Å². The predicted octanol–water partition coefficient (Wildman–Crippen LogP) is 4.68. The molecule has 19 heavy (non-hydrogen) atoms. The molecule has 1 aromatic heterocycles. The number of halogens is 3. The number of benzene rings is 2. The van der Waals surface area contributed by atoms with E-state index in [2.05, 4.69) is 20.9 Å². The molecule has 0 radical (unpaired) electrons. The van der Waals surface area contributed by atoms with E-state index >= 15 is 0 Å². The highest BCUT2D eigenvalue weighted by atomic mass is 79.9. The molecule has 0 aliphatic heterocycles. The average molecular weight is 357 g/mol. The van der Waals surface area contributed by atoms with Gasteiger partial charge >= 0.3 is 0 Å². The Kier molecular flexibility index (Phi) is 3.17. The fourth-order valence-corrected chi connectivity index (χ4v) is 2.72. The van der Waals surface area contributed by atoms with E-state index < -0.39 is 0 Å². The lowest BCUT2D eigenvalue weighted by Gasteiger charge is -2.09. The van der Waals surface area contributed by atoms with Gasteiger partial charge in [0.15, 0.2) is 0 Å². The maximum atomic E-state index is 6.24. The molecule has 0 bridgehead atoms. The Morgan fingerprint density at radius 2 is 1.95 bits per heavy atom. The summed E-state index contributed by atoms with van der Waals surface area (Å²) < 4.78 is 2.73. The molecule has 1 heterocycles. The number of hydrogen-bond donors (Lipinski definition) is 1. The summed E-state index contributed by atoms with van der Waals surface area (Å²) in [6.45, 7) is 0. The summed E-state index contributed by atoms with van der Waals surface area (Å²) in [6, 6.07) is 11.2. The summed E-state index contributed by atoms with van der Waals surface area (Å²) in [5, 5.41) is 0.940. The van der Waals surface area contributed by atoms with Crippen LogP contribution < -0.4 is 5.73 Å². The van der Waals surface area contributed by atoms with Crippen LogP contribution in [0, 0.1) is 0 Å². The van der Waals surface area contributed by atoms with Gasteiger partial charge in [0.1, 0.15) is 0 Å². The summed E-state index contributed by atoms with van der Waals surface area (Å²) in [6.07, 6.45) is 0. The summed E-state index contributed by atoms with van der Waals surface area (Å²) in [5.74, 6) is 0.372. The molecule has 3 nitrogen and oxygen atoms in total. The van der Waals surface area contributed by atoms with E-state index in [0.29, 0.717) is 16.0 Å². The van der Waals surface area contributed by atoms with Gasteiger partial charge in [-0.1, -0.05) is 45.2 Å². The van der Waals surface area contributed by atoms with E-state index in [9.17, 15) is 0 Å². The largest absolute Gasteiger partial charge is 0.369 e. The zero-order chi connectivity index (χ0) is 13.6. The standard InChI is InChI=1S/C13H8BrCl2N3/c14-7-4-5-10-9(6-7)18-13(17)19(10)11-3-1-2-8(15)12(11)16/h1-6H,(H2,17,18). The maximum Gasteiger partial charge on any atom is 0.205 e. The molecule has 0 spiro atoms. The zero-order valence-electron chi connectivity index (χ0n) is 9.57. The van der Waals surface area contributed by atoms with Gasteiger partial charge < -0.3 is 5.73 Å². The van der Waals surface area contributed by atoms with Gasteiger partial charge in [-0.15, -0.1) is 0 Å². The zero-order valence-corrected chi connectivity index (χ0v) is 12.7. The van der Waals surface area contributed by atoms with Gasteiger partial charge in [0.05, 0.1) is 26.8 Å². The number of aromatic nitrogens is 2. The number of fused-ring (bicyclic) bond motifs is 1. The second-order valence-corrected chi connectivity index (χ2v) is 5.71. The van der Waals surface area contributed by atoms with Gasteiger partial charge in [0.2, 0.25) is 5.95 Å². The second-order valence-electron chi connectivity index (χ2n) is 4.01.